The first-order valence-electron chi connectivity index (χ1n) is 7.80. The quantitative estimate of drug-likeness (QED) is 0.309. The lowest BCUT2D eigenvalue weighted by molar-refractivity contribution is -0.158. The largest absolute Gasteiger partial charge is 0.459 e. The highest BCUT2D eigenvalue weighted by molar-refractivity contribution is 7.16. The molecule has 1 saturated heterocycles. The Hall–Kier alpha value is -2.68. The van der Waals surface area contributed by atoms with Crippen LogP contribution in [0.5, 0.6) is 0 Å². The number of benzene rings is 1. The molecule has 2 N–H and O–H groups in total. The molecule has 7 nitrogen and oxygen atoms in total. The van der Waals surface area contributed by atoms with E-state index in [0.717, 1.165) is 16.6 Å². The molecule has 1 aromatic carbocycles. The van der Waals surface area contributed by atoms with Crippen molar-refractivity contribution in [3.8, 4) is 0 Å². The maximum atomic E-state index is 12.2. The molecule has 25 heavy (non-hydrogen) atoms. The lowest BCUT2D eigenvalue weighted by atomic mass is 9.87. The Labute approximate surface area is 149 Å². The SMILES string of the molecule is O=CBNc1ncc(C[C@H]2C(=O)N[C@@H]2C(=O)OCc2ccccc2)s1. The summed E-state index contributed by atoms with van der Waals surface area (Å²) in [7, 11) is 0.186. The van der Waals surface area contributed by atoms with Gasteiger partial charge < -0.3 is 20.1 Å². The molecule has 0 bridgehead atoms. The van der Waals surface area contributed by atoms with Crippen LogP contribution < -0.4 is 10.5 Å². The number of esters is 1. The number of nitrogens with one attached hydrogen (secondary N) is 2. The number of rotatable bonds is 8. The second-order valence-corrected chi connectivity index (χ2v) is 6.68. The van der Waals surface area contributed by atoms with Gasteiger partial charge in [-0.1, -0.05) is 30.3 Å². The third-order valence-corrected chi connectivity index (χ3v) is 4.80. The molecule has 0 saturated carbocycles. The molecule has 0 spiro atoms. The second-order valence-electron chi connectivity index (χ2n) is 5.57. The van der Waals surface area contributed by atoms with Gasteiger partial charge in [0.1, 0.15) is 18.8 Å². The molecule has 0 unspecified atom stereocenters. The predicted molar refractivity (Wildman–Crippen MR) is 95.0 cm³/mol. The summed E-state index contributed by atoms with van der Waals surface area (Å²) in [6, 6.07) is 8.74. The Kier molecular flexibility index (Phi) is 5.44. The van der Waals surface area contributed by atoms with Gasteiger partial charge in [-0.2, -0.15) is 0 Å². The van der Waals surface area contributed by atoms with Gasteiger partial charge >= 0.3 is 13.4 Å². The number of β-lactam (4-membered cyclic amide) rings is 1. The van der Waals surface area contributed by atoms with Crippen molar-refractivity contribution in [3.63, 3.8) is 0 Å². The van der Waals surface area contributed by atoms with E-state index in [2.05, 4.69) is 15.5 Å². The van der Waals surface area contributed by atoms with Gasteiger partial charge in [0, 0.05) is 11.1 Å². The molecule has 2 aromatic rings. The van der Waals surface area contributed by atoms with Crippen LogP contribution in [0, 0.1) is 5.92 Å². The maximum Gasteiger partial charge on any atom is 0.329 e. The minimum Gasteiger partial charge on any atom is -0.459 e. The molecule has 9 heteroatoms. The van der Waals surface area contributed by atoms with Crippen molar-refractivity contribution < 1.29 is 19.1 Å². The summed E-state index contributed by atoms with van der Waals surface area (Å²) in [5, 5.41) is 6.07. The van der Waals surface area contributed by atoms with Crippen LogP contribution in [0.3, 0.4) is 0 Å². The topological polar surface area (TPSA) is 97.4 Å². The monoisotopic (exact) mass is 357 g/mol. The molecular weight excluding hydrogens is 341 g/mol. The minimum absolute atomic E-state index is 0.169. The molecule has 1 fully saturated rings. The van der Waals surface area contributed by atoms with Gasteiger partial charge in [-0.15, -0.1) is 11.3 Å². The van der Waals surface area contributed by atoms with Crippen LogP contribution in [0.15, 0.2) is 36.5 Å². The molecular formula is C16H16BN3O4S. The summed E-state index contributed by atoms with van der Waals surface area (Å²) in [6.45, 7) is 0.180. The van der Waals surface area contributed by atoms with E-state index in [4.69, 9.17) is 4.74 Å². The molecule has 3 rings (SSSR count). The van der Waals surface area contributed by atoms with Gasteiger partial charge in [-0.25, -0.2) is 9.78 Å². The fourth-order valence-corrected chi connectivity index (χ4v) is 3.38. The van der Waals surface area contributed by atoms with Crippen molar-refractivity contribution in [2.75, 3.05) is 5.23 Å². The number of thiazole rings is 1. The fourth-order valence-electron chi connectivity index (χ4n) is 2.50. The van der Waals surface area contributed by atoms with Crippen molar-refractivity contribution in [2.45, 2.75) is 19.1 Å². The van der Waals surface area contributed by atoms with Crippen LogP contribution in [0.25, 0.3) is 0 Å². The summed E-state index contributed by atoms with van der Waals surface area (Å²) >= 11 is 1.36. The van der Waals surface area contributed by atoms with Gasteiger partial charge in [-0.05, 0) is 12.0 Å². The second kappa shape index (κ2) is 7.93. The van der Waals surface area contributed by atoms with Crippen molar-refractivity contribution in [3.05, 3.63) is 47.0 Å². The van der Waals surface area contributed by atoms with E-state index in [9.17, 15) is 14.4 Å². The summed E-state index contributed by atoms with van der Waals surface area (Å²) < 4.78 is 5.29. The number of aromatic nitrogens is 1. The van der Waals surface area contributed by atoms with Gasteiger partial charge in [0.2, 0.25) is 5.91 Å². The zero-order chi connectivity index (χ0) is 17.6. The van der Waals surface area contributed by atoms with Crippen LogP contribution in [-0.2, 0) is 32.1 Å². The number of ether oxygens (including phenoxy) is 1. The van der Waals surface area contributed by atoms with Crippen LogP contribution in [0.4, 0.5) is 5.13 Å². The lowest BCUT2D eigenvalue weighted by Crippen LogP contribution is -2.62. The van der Waals surface area contributed by atoms with Gasteiger partial charge in [0.05, 0.1) is 5.92 Å². The van der Waals surface area contributed by atoms with Crippen molar-refractivity contribution in [2.24, 2.45) is 5.92 Å². The van der Waals surface area contributed by atoms with Crippen molar-refractivity contribution in [1.29, 1.82) is 0 Å². The molecule has 128 valence electrons. The Balaban J connectivity index is 1.54. The van der Waals surface area contributed by atoms with Crippen LogP contribution in [0.2, 0.25) is 0 Å². The highest BCUT2D eigenvalue weighted by Gasteiger charge is 2.45. The molecule has 1 aromatic heterocycles. The Morgan fingerprint density at radius 1 is 1.40 bits per heavy atom. The molecule has 2 atom stereocenters. The lowest BCUT2D eigenvalue weighted by Gasteiger charge is -2.34. The van der Waals surface area contributed by atoms with Crippen LogP contribution >= 0.6 is 11.3 Å². The Bertz CT molecular complexity index is 768. The highest BCUT2D eigenvalue weighted by Crippen LogP contribution is 2.26. The number of nitrogens with zero attached hydrogens (tertiary/aromatic N) is 1. The first-order chi connectivity index (χ1) is 12.2. The average Bonchev–Trinajstić information content (AvgIpc) is 3.09. The molecule has 0 aliphatic carbocycles. The van der Waals surface area contributed by atoms with E-state index in [1.165, 1.54) is 11.3 Å². The molecule has 1 amide bonds. The van der Waals surface area contributed by atoms with Crippen molar-refractivity contribution >= 4 is 41.9 Å². The normalized spacial score (nSPS) is 18.6. The molecule has 1 aliphatic heterocycles. The smallest absolute Gasteiger partial charge is 0.329 e. The van der Waals surface area contributed by atoms with E-state index in [0.29, 0.717) is 11.6 Å². The zero-order valence-corrected chi connectivity index (χ0v) is 14.1. The number of carbonyl (C=O) groups excluding carboxylic acids is 3. The van der Waals surface area contributed by atoms with Crippen LogP contribution in [-0.4, -0.2) is 36.5 Å². The van der Waals surface area contributed by atoms with Crippen molar-refractivity contribution in [1.82, 2.24) is 10.3 Å². The van der Waals surface area contributed by atoms with Gasteiger partial charge in [0.25, 0.3) is 0 Å². The number of anilines is 1. The van der Waals surface area contributed by atoms with Gasteiger partial charge in [-0.3, -0.25) is 4.79 Å². The number of hydrogen-bond donors (Lipinski definition) is 2. The van der Waals surface area contributed by atoms with E-state index >= 15 is 0 Å². The van der Waals surface area contributed by atoms with Gasteiger partial charge in [0.15, 0.2) is 5.13 Å². The zero-order valence-electron chi connectivity index (χ0n) is 13.3. The number of carbonyl (C=O) groups is 3. The first kappa shape index (κ1) is 17.2. The standard InChI is InChI=1S/C16H16BN3O4S/c21-9-17-20-16-18-7-11(25-16)6-12-13(19-14(12)22)15(23)24-8-10-4-2-1-3-5-10/h1-5,7,9,12-13,17H,6,8H2,(H,18,20)(H,19,22)/t12-,13+/m1/s1. The van der Waals surface area contributed by atoms with E-state index < -0.39 is 17.9 Å². The minimum atomic E-state index is -0.635. The Morgan fingerprint density at radius 3 is 2.92 bits per heavy atom. The summed E-state index contributed by atoms with van der Waals surface area (Å²) in [5.74, 6) is -1.06. The molecule has 0 radical (unpaired) electrons. The number of hydrogen-bond acceptors (Lipinski definition) is 7. The summed E-state index contributed by atoms with van der Waals surface area (Å²) in [5.41, 5.74) is 0.895. The van der Waals surface area contributed by atoms with E-state index in [1.807, 2.05) is 30.3 Å². The third-order valence-electron chi connectivity index (χ3n) is 3.83. The van der Waals surface area contributed by atoms with E-state index in [-0.39, 0.29) is 19.9 Å². The van der Waals surface area contributed by atoms with E-state index in [1.54, 1.807) is 6.20 Å². The maximum absolute atomic E-state index is 12.2. The predicted octanol–water partition coefficient (Wildman–Crippen LogP) is 0.497. The first-order valence-corrected chi connectivity index (χ1v) is 8.62. The molecule has 2 heterocycles. The average molecular weight is 357 g/mol. The fraction of sp³-hybridized carbons (Fsp3) is 0.250. The third kappa shape index (κ3) is 4.24. The summed E-state index contributed by atoms with van der Waals surface area (Å²) in [6.07, 6.45) is 2.81. The molecule has 1 aliphatic rings. The highest BCUT2D eigenvalue weighted by atomic mass is 32.1. The van der Waals surface area contributed by atoms with Crippen LogP contribution in [0.1, 0.15) is 10.4 Å². The Morgan fingerprint density at radius 2 is 2.20 bits per heavy atom. The number of amides is 1. The summed E-state index contributed by atoms with van der Waals surface area (Å²) in [4.78, 5) is 39.4.